The van der Waals surface area contributed by atoms with Gasteiger partial charge in [0.25, 0.3) is 0 Å². The predicted octanol–water partition coefficient (Wildman–Crippen LogP) is 9.60. The first-order valence-corrected chi connectivity index (χ1v) is 15.4. The summed E-state index contributed by atoms with van der Waals surface area (Å²) >= 11 is 8.84. The lowest BCUT2D eigenvalue weighted by molar-refractivity contribution is 0.566. The van der Waals surface area contributed by atoms with Crippen LogP contribution < -0.4 is 10.6 Å². The zero-order valence-electron chi connectivity index (χ0n) is 23.9. The van der Waals surface area contributed by atoms with Crippen LogP contribution in [-0.4, -0.2) is 14.5 Å². The molecule has 6 heteroatoms. The molecule has 4 heterocycles. The molecule has 0 N–H and O–H groups in total. The molecule has 0 spiro atoms. The number of halogens is 1. The van der Waals surface area contributed by atoms with Crippen molar-refractivity contribution in [2.75, 3.05) is 0 Å². The number of hydrogen-bond acceptors (Lipinski definition) is 4. The van der Waals surface area contributed by atoms with Gasteiger partial charge in [0.2, 0.25) is 5.71 Å². The van der Waals surface area contributed by atoms with E-state index in [0.717, 1.165) is 27.4 Å². The van der Waals surface area contributed by atoms with Crippen molar-refractivity contribution in [3.8, 4) is 5.82 Å². The second kappa shape index (κ2) is 9.66. The number of thiophene rings is 1. The summed E-state index contributed by atoms with van der Waals surface area (Å²) in [6, 6.07) is 21.8. The number of furan rings is 1. The molecule has 208 valence electrons. The van der Waals surface area contributed by atoms with Crippen LogP contribution in [0.5, 0.6) is 0 Å². The third kappa shape index (κ3) is 3.56. The average Bonchev–Trinajstić information content (AvgIpc) is 3.68. The number of hydrogen-bond donors (Lipinski definition) is 0. The zero-order valence-corrected chi connectivity index (χ0v) is 25.5. The third-order valence-electron chi connectivity index (χ3n) is 8.37. The molecular weight excluding hydrogens is 570 g/mol. The lowest BCUT2D eigenvalue weighted by atomic mass is 9.98. The van der Waals surface area contributed by atoms with E-state index in [0.29, 0.717) is 17.0 Å². The highest BCUT2D eigenvalue weighted by Crippen LogP contribution is 2.45. The van der Waals surface area contributed by atoms with E-state index in [9.17, 15) is 0 Å². The van der Waals surface area contributed by atoms with E-state index >= 15 is 0 Å². The average molecular weight is 596 g/mol. The number of fused-ring (bicyclic) bond motifs is 11. The van der Waals surface area contributed by atoms with Crippen molar-refractivity contribution in [3.05, 3.63) is 106 Å². The lowest BCUT2D eigenvalue weighted by Crippen LogP contribution is -2.28. The summed E-state index contributed by atoms with van der Waals surface area (Å²) in [5.41, 5.74) is 3.03. The number of benzene rings is 4. The molecule has 43 heavy (non-hydrogen) atoms. The van der Waals surface area contributed by atoms with Crippen LogP contribution in [-0.2, 0) is 0 Å². The summed E-state index contributed by atoms with van der Waals surface area (Å²) in [4.78, 5) is 9.90. The molecule has 0 saturated heterocycles. The Morgan fingerprint density at radius 3 is 2.35 bits per heavy atom. The highest BCUT2D eigenvalue weighted by atomic mass is 35.5. The first-order chi connectivity index (χ1) is 21.0. The zero-order chi connectivity index (χ0) is 29.4. The van der Waals surface area contributed by atoms with Gasteiger partial charge >= 0.3 is 0 Å². The van der Waals surface area contributed by atoms with Crippen LogP contribution in [0.15, 0.2) is 83.8 Å². The van der Waals surface area contributed by atoms with E-state index in [2.05, 4.69) is 97.8 Å². The maximum Gasteiger partial charge on any atom is 0.247 e. The van der Waals surface area contributed by atoms with Gasteiger partial charge in [-0.05, 0) is 48.4 Å². The Balaban J connectivity index is 1.65. The number of aromatic nitrogens is 3. The van der Waals surface area contributed by atoms with E-state index in [4.69, 9.17) is 26.0 Å². The van der Waals surface area contributed by atoms with Crippen molar-refractivity contribution >= 4 is 105 Å². The van der Waals surface area contributed by atoms with Gasteiger partial charge < -0.3 is 4.42 Å². The first kappa shape index (κ1) is 26.0. The summed E-state index contributed by atoms with van der Waals surface area (Å²) in [6.45, 7) is 9.90. The summed E-state index contributed by atoms with van der Waals surface area (Å²) in [7, 11) is 0. The van der Waals surface area contributed by atoms with Crippen LogP contribution in [0.4, 0.5) is 0 Å². The van der Waals surface area contributed by atoms with Gasteiger partial charge in [-0.1, -0.05) is 103 Å². The molecule has 8 rings (SSSR count). The standard InChI is InChI=1S/C37H26ClN3OS/c1-5-8-14-23-20(4)42-37-31(23)39-36(35(38)40-37)41-28(7-3)22(6-2)29-25-16-11-12-17-26(25)30-27-19-18-21-13-9-10-15-24(21)33(27)43-34(30)32(29)41/h5-19H,1H2,2-4H3/b14-8-,22-6+,28-7+. The smallest absolute Gasteiger partial charge is 0.247 e. The summed E-state index contributed by atoms with van der Waals surface area (Å²) in [5.74, 6) is 1.31. The van der Waals surface area contributed by atoms with Crippen molar-refractivity contribution in [1.29, 1.82) is 0 Å². The monoisotopic (exact) mass is 595 g/mol. The maximum atomic E-state index is 7.00. The van der Waals surface area contributed by atoms with Crippen LogP contribution in [0.1, 0.15) is 25.2 Å². The number of nitrogens with zero attached hydrogens (tertiary/aromatic N) is 3. The fourth-order valence-corrected chi connectivity index (χ4v) is 8.18. The second-order valence-corrected chi connectivity index (χ2v) is 12.0. The maximum absolute atomic E-state index is 7.00. The van der Waals surface area contributed by atoms with E-state index < -0.39 is 0 Å². The Hall–Kier alpha value is -4.71. The van der Waals surface area contributed by atoms with Crippen LogP contribution in [0.3, 0.4) is 0 Å². The van der Waals surface area contributed by atoms with Gasteiger partial charge in [-0.25, -0.2) is 4.98 Å². The first-order valence-electron chi connectivity index (χ1n) is 14.2. The van der Waals surface area contributed by atoms with Gasteiger partial charge in [0.15, 0.2) is 11.0 Å². The molecule has 0 bridgehead atoms. The van der Waals surface area contributed by atoms with Crippen LogP contribution in [0.25, 0.3) is 87.9 Å². The fourth-order valence-electron chi connectivity index (χ4n) is 6.58. The Bertz CT molecular complexity index is 2640. The lowest BCUT2D eigenvalue weighted by Gasteiger charge is -2.10. The summed E-state index contributed by atoms with van der Waals surface area (Å²) in [6.07, 6.45) is 9.90. The predicted molar refractivity (Wildman–Crippen MR) is 185 cm³/mol. The van der Waals surface area contributed by atoms with Crippen molar-refractivity contribution in [1.82, 2.24) is 14.5 Å². The molecule has 0 amide bonds. The minimum Gasteiger partial charge on any atom is -0.441 e. The molecule has 0 aliphatic rings. The minimum atomic E-state index is 0.288. The Kier molecular flexibility index (Phi) is 5.83. The molecule has 4 aromatic carbocycles. The van der Waals surface area contributed by atoms with E-state index in [1.165, 1.54) is 47.1 Å². The van der Waals surface area contributed by atoms with Gasteiger partial charge in [-0.2, -0.15) is 4.98 Å². The van der Waals surface area contributed by atoms with Gasteiger partial charge in [-0.3, -0.25) is 4.57 Å². The van der Waals surface area contributed by atoms with Crippen molar-refractivity contribution in [2.24, 2.45) is 0 Å². The molecule has 0 fully saturated rings. The number of allylic oxidation sites excluding steroid dienone is 2. The molecular formula is C37H26ClN3OS. The molecule has 0 aliphatic carbocycles. The van der Waals surface area contributed by atoms with Gasteiger partial charge in [0, 0.05) is 31.6 Å². The molecule has 4 nitrogen and oxygen atoms in total. The van der Waals surface area contributed by atoms with Gasteiger partial charge in [-0.15, -0.1) is 11.3 Å². The molecule has 4 aromatic heterocycles. The number of aryl methyl sites for hydroxylation is 1. The van der Waals surface area contributed by atoms with E-state index in [1.54, 1.807) is 6.08 Å². The molecule has 0 saturated carbocycles. The Labute approximate surface area is 256 Å². The van der Waals surface area contributed by atoms with E-state index in [-0.39, 0.29) is 5.15 Å². The van der Waals surface area contributed by atoms with Gasteiger partial charge in [0.1, 0.15) is 11.3 Å². The largest absolute Gasteiger partial charge is 0.441 e. The Morgan fingerprint density at radius 1 is 0.860 bits per heavy atom. The SMILES string of the molecule is C=C/C=C\c1c(C)oc2nc(Cl)c(-n3c(=C/C)/c(=C\C)c4c5ccccc5c5c6ccc7ccccc7c6sc5c43)nc12. The quantitative estimate of drug-likeness (QED) is 0.191. The molecule has 0 aliphatic heterocycles. The molecule has 0 atom stereocenters. The minimum absolute atomic E-state index is 0.288. The fraction of sp³-hybridized carbons (Fsp3) is 0.0811. The Morgan fingerprint density at radius 2 is 1.60 bits per heavy atom. The van der Waals surface area contributed by atoms with Crippen LogP contribution >= 0.6 is 22.9 Å². The molecule has 0 radical (unpaired) electrons. The van der Waals surface area contributed by atoms with Crippen molar-refractivity contribution in [2.45, 2.75) is 20.8 Å². The molecule has 0 unspecified atom stereocenters. The normalized spacial score (nSPS) is 13.4. The van der Waals surface area contributed by atoms with Crippen molar-refractivity contribution in [3.63, 3.8) is 0 Å². The summed E-state index contributed by atoms with van der Waals surface area (Å²) in [5, 5.41) is 11.1. The van der Waals surface area contributed by atoms with E-state index in [1.807, 2.05) is 30.4 Å². The highest BCUT2D eigenvalue weighted by molar-refractivity contribution is 7.27. The molecule has 8 aromatic rings. The summed E-state index contributed by atoms with van der Waals surface area (Å²) < 4.78 is 10.7. The second-order valence-electron chi connectivity index (χ2n) is 10.6. The van der Waals surface area contributed by atoms with Gasteiger partial charge in [0.05, 0.1) is 15.6 Å². The number of rotatable bonds is 3. The van der Waals surface area contributed by atoms with Crippen LogP contribution in [0, 0.1) is 6.92 Å². The van der Waals surface area contributed by atoms with Crippen molar-refractivity contribution < 1.29 is 4.42 Å². The topological polar surface area (TPSA) is 43.9 Å². The van der Waals surface area contributed by atoms with Crippen LogP contribution in [0.2, 0.25) is 5.15 Å². The highest BCUT2D eigenvalue weighted by Gasteiger charge is 2.24. The third-order valence-corrected chi connectivity index (χ3v) is 9.87.